The van der Waals surface area contributed by atoms with E-state index in [0.29, 0.717) is 12.1 Å². The number of esters is 2. The SMILES string of the molecule is COC(=O)C1=C(C(=O)OC)N(c2ccc(CCC(=O)O)cc2)C=CC=C1. The topological polar surface area (TPSA) is 93.1 Å². The average molecular weight is 357 g/mol. The minimum absolute atomic E-state index is 0.0302. The Bertz CT molecular complexity index is 789. The highest BCUT2D eigenvalue weighted by Crippen LogP contribution is 2.26. The fraction of sp³-hybridized carbons (Fsp3) is 0.211. The van der Waals surface area contributed by atoms with E-state index in [2.05, 4.69) is 0 Å². The second-order valence-corrected chi connectivity index (χ2v) is 5.38. The predicted octanol–water partition coefficient (Wildman–Crippen LogP) is 2.19. The number of methoxy groups -OCH3 is 2. The number of hydrogen-bond donors (Lipinski definition) is 1. The number of benzene rings is 1. The van der Waals surface area contributed by atoms with Gasteiger partial charge in [0.25, 0.3) is 0 Å². The molecule has 0 unspecified atom stereocenters. The summed E-state index contributed by atoms with van der Waals surface area (Å²) in [6.45, 7) is 0. The molecule has 7 nitrogen and oxygen atoms in total. The van der Waals surface area contributed by atoms with Gasteiger partial charge < -0.3 is 19.5 Å². The number of hydrogen-bond acceptors (Lipinski definition) is 6. The molecular formula is C19H19NO6. The standard InChI is InChI=1S/C19H19NO6/c1-25-18(23)15-5-3-4-12-20(17(15)19(24)26-2)14-9-6-13(7-10-14)8-11-16(21)22/h3-7,9-10,12H,8,11H2,1-2H3,(H,21,22). The van der Waals surface area contributed by atoms with Crippen LogP contribution in [0.1, 0.15) is 12.0 Å². The van der Waals surface area contributed by atoms with Crippen molar-refractivity contribution in [2.75, 3.05) is 19.1 Å². The van der Waals surface area contributed by atoms with E-state index in [0.717, 1.165) is 5.56 Å². The minimum Gasteiger partial charge on any atom is -0.481 e. The van der Waals surface area contributed by atoms with Gasteiger partial charge >= 0.3 is 17.9 Å². The summed E-state index contributed by atoms with van der Waals surface area (Å²) in [5.41, 5.74) is 1.57. The average Bonchev–Trinajstić information content (AvgIpc) is 2.88. The van der Waals surface area contributed by atoms with E-state index in [1.165, 1.54) is 25.2 Å². The molecule has 0 atom stereocenters. The van der Waals surface area contributed by atoms with Crippen molar-refractivity contribution >= 4 is 23.6 Å². The number of anilines is 1. The highest BCUT2D eigenvalue weighted by atomic mass is 16.5. The molecule has 0 aromatic heterocycles. The van der Waals surface area contributed by atoms with Crippen LogP contribution in [0.4, 0.5) is 5.69 Å². The zero-order valence-corrected chi connectivity index (χ0v) is 14.5. The van der Waals surface area contributed by atoms with Gasteiger partial charge in [-0.3, -0.25) is 4.79 Å². The number of rotatable bonds is 6. The largest absolute Gasteiger partial charge is 0.481 e. The first kappa shape index (κ1) is 19.0. The summed E-state index contributed by atoms with van der Waals surface area (Å²) >= 11 is 0. The Morgan fingerprint density at radius 2 is 1.65 bits per heavy atom. The molecule has 2 rings (SSSR count). The third-order valence-corrected chi connectivity index (χ3v) is 3.73. The van der Waals surface area contributed by atoms with Crippen LogP contribution in [-0.4, -0.2) is 37.2 Å². The molecule has 0 fully saturated rings. The lowest BCUT2D eigenvalue weighted by Gasteiger charge is -2.23. The summed E-state index contributed by atoms with van der Waals surface area (Å²) in [6, 6.07) is 7.03. The fourth-order valence-electron chi connectivity index (χ4n) is 2.44. The second-order valence-electron chi connectivity index (χ2n) is 5.38. The highest BCUT2D eigenvalue weighted by molar-refractivity contribution is 6.05. The molecule has 0 amide bonds. The van der Waals surface area contributed by atoms with Gasteiger partial charge in [-0.15, -0.1) is 0 Å². The molecule has 136 valence electrons. The predicted molar refractivity (Wildman–Crippen MR) is 94.2 cm³/mol. The molecule has 1 N–H and O–H groups in total. The van der Waals surface area contributed by atoms with E-state index < -0.39 is 17.9 Å². The Morgan fingerprint density at radius 1 is 1.00 bits per heavy atom. The molecule has 0 radical (unpaired) electrons. The quantitative estimate of drug-likeness (QED) is 0.780. The summed E-state index contributed by atoms with van der Waals surface area (Å²) in [7, 11) is 2.47. The molecular weight excluding hydrogens is 338 g/mol. The molecule has 0 bridgehead atoms. The van der Waals surface area contributed by atoms with Crippen molar-refractivity contribution in [2.24, 2.45) is 0 Å². The van der Waals surface area contributed by atoms with Crippen LogP contribution in [0, 0.1) is 0 Å². The van der Waals surface area contributed by atoms with E-state index >= 15 is 0 Å². The Morgan fingerprint density at radius 3 is 2.23 bits per heavy atom. The van der Waals surface area contributed by atoms with Crippen molar-refractivity contribution in [3.63, 3.8) is 0 Å². The maximum Gasteiger partial charge on any atom is 0.355 e. The van der Waals surface area contributed by atoms with Crippen LogP contribution in [0.2, 0.25) is 0 Å². The Labute approximate surface area is 150 Å². The minimum atomic E-state index is -0.866. The summed E-state index contributed by atoms with van der Waals surface area (Å²) in [5, 5.41) is 8.77. The molecule has 7 heteroatoms. The summed E-state index contributed by atoms with van der Waals surface area (Å²) in [5.74, 6) is -2.21. The van der Waals surface area contributed by atoms with Gasteiger partial charge in [0.15, 0.2) is 0 Å². The van der Waals surface area contributed by atoms with Gasteiger partial charge in [-0.05, 0) is 36.3 Å². The van der Waals surface area contributed by atoms with E-state index in [9.17, 15) is 14.4 Å². The number of carboxylic acid groups (broad SMARTS) is 1. The molecule has 1 heterocycles. The number of nitrogens with zero attached hydrogens (tertiary/aromatic N) is 1. The highest BCUT2D eigenvalue weighted by Gasteiger charge is 2.27. The Hall–Kier alpha value is -3.35. The van der Waals surface area contributed by atoms with Gasteiger partial charge in [0.1, 0.15) is 5.70 Å². The van der Waals surface area contributed by atoms with E-state index in [-0.39, 0.29) is 17.7 Å². The maximum atomic E-state index is 12.3. The number of aliphatic carboxylic acids is 1. The molecule has 1 aliphatic heterocycles. The monoisotopic (exact) mass is 357 g/mol. The number of ether oxygens (including phenoxy) is 2. The van der Waals surface area contributed by atoms with Crippen LogP contribution >= 0.6 is 0 Å². The van der Waals surface area contributed by atoms with Gasteiger partial charge in [-0.1, -0.05) is 18.2 Å². The smallest absolute Gasteiger partial charge is 0.355 e. The van der Waals surface area contributed by atoms with Gasteiger partial charge in [0.2, 0.25) is 0 Å². The second kappa shape index (κ2) is 8.66. The first-order valence-corrected chi connectivity index (χ1v) is 7.83. The molecule has 0 aliphatic carbocycles. The van der Waals surface area contributed by atoms with Crippen LogP contribution in [0.5, 0.6) is 0 Å². The normalized spacial score (nSPS) is 13.4. The van der Waals surface area contributed by atoms with Gasteiger partial charge in [-0.25, -0.2) is 9.59 Å². The van der Waals surface area contributed by atoms with Crippen LogP contribution in [0.25, 0.3) is 0 Å². The lowest BCUT2D eigenvalue weighted by atomic mass is 10.1. The lowest BCUT2D eigenvalue weighted by molar-refractivity contribution is -0.139. The van der Waals surface area contributed by atoms with E-state index in [1.54, 1.807) is 42.6 Å². The summed E-state index contributed by atoms with van der Waals surface area (Å²) in [6.07, 6.45) is 6.85. The number of carbonyl (C=O) groups excluding carboxylic acids is 2. The van der Waals surface area contributed by atoms with Crippen LogP contribution in [0.15, 0.2) is 60.0 Å². The van der Waals surface area contributed by atoms with Crippen molar-refractivity contribution in [2.45, 2.75) is 12.8 Å². The zero-order chi connectivity index (χ0) is 19.1. The van der Waals surface area contributed by atoms with Crippen LogP contribution in [-0.2, 0) is 30.3 Å². The molecule has 0 spiro atoms. The number of allylic oxidation sites excluding steroid dienone is 2. The van der Waals surface area contributed by atoms with Crippen LogP contribution in [0.3, 0.4) is 0 Å². The summed E-state index contributed by atoms with van der Waals surface area (Å²) in [4.78, 5) is 36.6. The van der Waals surface area contributed by atoms with E-state index in [1.807, 2.05) is 0 Å². The van der Waals surface area contributed by atoms with Crippen molar-refractivity contribution in [3.05, 3.63) is 65.5 Å². The van der Waals surface area contributed by atoms with Crippen molar-refractivity contribution < 1.29 is 29.0 Å². The van der Waals surface area contributed by atoms with Crippen molar-refractivity contribution in [1.29, 1.82) is 0 Å². The molecule has 1 aliphatic rings. The first-order chi connectivity index (χ1) is 12.5. The molecule has 1 aromatic rings. The Kier molecular flexibility index (Phi) is 6.32. The first-order valence-electron chi connectivity index (χ1n) is 7.83. The number of carboxylic acids is 1. The van der Waals surface area contributed by atoms with E-state index in [4.69, 9.17) is 14.6 Å². The van der Waals surface area contributed by atoms with Crippen LogP contribution < -0.4 is 4.90 Å². The fourth-order valence-corrected chi connectivity index (χ4v) is 2.44. The maximum absolute atomic E-state index is 12.3. The molecule has 26 heavy (non-hydrogen) atoms. The number of carbonyl (C=O) groups is 3. The summed E-state index contributed by atoms with van der Waals surface area (Å²) < 4.78 is 9.59. The third kappa shape index (κ3) is 4.38. The number of aryl methyl sites for hydroxylation is 1. The lowest BCUT2D eigenvalue weighted by Crippen LogP contribution is -2.26. The third-order valence-electron chi connectivity index (χ3n) is 3.73. The van der Waals surface area contributed by atoms with Crippen molar-refractivity contribution in [1.82, 2.24) is 0 Å². The van der Waals surface area contributed by atoms with Gasteiger partial charge in [0, 0.05) is 18.3 Å². The van der Waals surface area contributed by atoms with Crippen molar-refractivity contribution in [3.8, 4) is 0 Å². The molecule has 0 saturated carbocycles. The molecule has 1 aromatic carbocycles. The van der Waals surface area contributed by atoms with Gasteiger partial charge in [0.05, 0.1) is 19.8 Å². The molecule has 0 saturated heterocycles. The zero-order valence-electron chi connectivity index (χ0n) is 14.5. The Balaban J connectivity index is 2.43. The van der Waals surface area contributed by atoms with Gasteiger partial charge in [-0.2, -0.15) is 0 Å².